The zero-order chi connectivity index (χ0) is 14.0. The third-order valence-electron chi connectivity index (χ3n) is 6.12. The molecule has 2 heterocycles. The van der Waals surface area contributed by atoms with Gasteiger partial charge in [-0.1, -0.05) is 24.3 Å². The molecule has 1 aromatic carbocycles. The number of nitrogens with zero attached hydrogens (tertiary/aromatic N) is 2. The maximum absolute atomic E-state index is 10.9. The highest BCUT2D eigenvalue weighted by atomic mass is 16.3. The van der Waals surface area contributed by atoms with E-state index in [1.54, 1.807) is 0 Å². The van der Waals surface area contributed by atoms with Crippen molar-refractivity contribution < 1.29 is 5.11 Å². The average Bonchev–Trinajstić information content (AvgIpc) is 3.10. The van der Waals surface area contributed by atoms with Crippen LogP contribution in [0, 0.1) is 17.8 Å². The third-order valence-corrected chi connectivity index (χ3v) is 6.12. The van der Waals surface area contributed by atoms with E-state index in [0.29, 0.717) is 17.8 Å². The van der Waals surface area contributed by atoms with E-state index in [0.717, 1.165) is 0 Å². The zero-order valence-corrected chi connectivity index (χ0v) is 12.0. The van der Waals surface area contributed by atoms with Crippen molar-refractivity contribution in [3.8, 4) is 11.3 Å². The maximum atomic E-state index is 10.9. The molecule has 1 N–H and O–H groups in total. The molecule has 1 aromatic heterocycles. The molecule has 21 heavy (non-hydrogen) atoms. The van der Waals surface area contributed by atoms with Crippen molar-refractivity contribution in [2.45, 2.75) is 37.8 Å². The summed E-state index contributed by atoms with van der Waals surface area (Å²) in [5, 5.41) is 10.9. The molecule has 3 aliphatic carbocycles. The van der Waals surface area contributed by atoms with Crippen LogP contribution in [0.2, 0.25) is 0 Å². The number of hydrogen-bond donors (Lipinski definition) is 1. The van der Waals surface area contributed by atoms with Crippen LogP contribution in [-0.2, 0) is 0 Å². The van der Waals surface area contributed by atoms with Crippen LogP contribution < -0.4 is 0 Å². The summed E-state index contributed by atoms with van der Waals surface area (Å²) >= 11 is 0. The SMILES string of the molecule is O[C@@H]1C2CCC(CC2)C1[C@@H]1c2ccccc2-c2cncn21. The van der Waals surface area contributed by atoms with Gasteiger partial charge in [0.25, 0.3) is 0 Å². The molecule has 1 unspecified atom stereocenters. The number of aliphatic hydroxyl groups excluding tert-OH is 1. The monoisotopic (exact) mass is 280 g/mol. The molecule has 4 aliphatic rings. The Labute approximate surface area is 124 Å². The lowest BCUT2D eigenvalue weighted by atomic mass is 9.60. The number of hydrogen-bond acceptors (Lipinski definition) is 2. The van der Waals surface area contributed by atoms with E-state index in [1.165, 1.54) is 42.5 Å². The van der Waals surface area contributed by atoms with Gasteiger partial charge in [0, 0.05) is 11.5 Å². The van der Waals surface area contributed by atoms with Crippen LogP contribution in [0.4, 0.5) is 0 Å². The molecule has 108 valence electrons. The highest BCUT2D eigenvalue weighted by Gasteiger charge is 2.49. The highest BCUT2D eigenvalue weighted by Crippen LogP contribution is 2.54. The highest BCUT2D eigenvalue weighted by molar-refractivity contribution is 5.69. The van der Waals surface area contributed by atoms with Gasteiger partial charge in [-0.15, -0.1) is 0 Å². The van der Waals surface area contributed by atoms with Crippen LogP contribution in [0.15, 0.2) is 36.8 Å². The predicted molar refractivity (Wildman–Crippen MR) is 80.7 cm³/mol. The largest absolute Gasteiger partial charge is 0.392 e. The van der Waals surface area contributed by atoms with E-state index < -0.39 is 0 Å². The molecule has 0 spiro atoms. The van der Waals surface area contributed by atoms with Crippen molar-refractivity contribution in [2.24, 2.45) is 17.8 Å². The van der Waals surface area contributed by atoms with E-state index in [2.05, 4.69) is 33.8 Å². The number of rotatable bonds is 1. The molecular weight excluding hydrogens is 260 g/mol. The van der Waals surface area contributed by atoms with Crippen LogP contribution in [0.1, 0.15) is 37.3 Å². The fourth-order valence-electron chi connectivity index (χ4n) is 5.17. The second-order valence-corrected chi connectivity index (χ2v) is 6.96. The van der Waals surface area contributed by atoms with E-state index in [-0.39, 0.29) is 12.1 Å². The normalized spacial score (nSPS) is 36.5. The third kappa shape index (κ3) is 1.50. The second kappa shape index (κ2) is 4.20. The van der Waals surface area contributed by atoms with Crippen molar-refractivity contribution in [1.82, 2.24) is 9.55 Å². The molecule has 0 saturated heterocycles. The van der Waals surface area contributed by atoms with E-state index in [4.69, 9.17) is 0 Å². The first-order valence-electron chi connectivity index (χ1n) is 8.14. The summed E-state index contributed by atoms with van der Waals surface area (Å²) in [6.07, 6.45) is 8.77. The van der Waals surface area contributed by atoms with Gasteiger partial charge in [-0.05, 0) is 43.1 Å². The average molecular weight is 280 g/mol. The molecule has 3 fully saturated rings. The molecule has 0 radical (unpaired) electrons. The molecule has 3 nitrogen and oxygen atoms in total. The minimum Gasteiger partial charge on any atom is -0.392 e. The van der Waals surface area contributed by atoms with Gasteiger partial charge in [0.2, 0.25) is 0 Å². The molecule has 0 amide bonds. The summed E-state index contributed by atoms with van der Waals surface area (Å²) in [6, 6.07) is 8.93. The summed E-state index contributed by atoms with van der Waals surface area (Å²) < 4.78 is 2.30. The van der Waals surface area contributed by atoms with Crippen LogP contribution in [0.5, 0.6) is 0 Å². The fourth-order valence-corrected chi connectivity index (χ4v) is 5.17. The Morgan fingerprint density at radius 1 is 1.05 bits per heavy atom. The van der Waals surface area contributed by atoms with Gasteiger partial charge in [0.1, 0.15) is 0 Å². The summed E-state index contributed by atoms with van der Waals surface area (Å²) in [5.74, 6) is 1.53. The van der Waals surface area contributed by atoms with E-state index in [9.17, 15) is 5.11 Å². The predicted octanol–water partition coefficient (Wildman–Crippen LogP) is 3.25. The Bertz CT molecular complexity index is 682. The lowest BCUT2D eigenvalue weighted by Gasteiger charge is -2.49. The van der Waals surface area contributed by atoms with Crippen LogP contribution >= 0.6 is 0 Å². The molecular formula is C18H20N2O. The Morgan fingerprint density at radius 2 is 1.81 bits per heavy atom. The maximum Gasteiger partial charge on any atom is 0.0956 e. The van der Waals surface area contributed by atoms with E-state index >= 15 is 0 Å². The van der Waals surface area contributed by atoms with Gasteiger partial charge >= 0.3 is 0 Å². The molecule has 3 heteroatoms. The van der Waals surface area contributed by atoms with Crippen molar-refractivity contribution in [1.29, 1.82) is 0 Å². The number of aliphatic hydroxyl groups is 1. The Morgan fingerprint density at radius 3 is 2.62 bits per heavy atom. The molecule has 6 rings (SSSR count). The van der Waals surface area contributed by atoms with E-state index in [1.807, 2.05) is 12.5 Å². The van der Waals surface area contributed by atoms with Crippen molar-refractivity contribution in [3.63, 3.8) is 0 Å². The van der Waals surface area contributed by atoms with Crippen LogP contribution in [0.25, 0.3) is 11.3 Å². The minimum absolute atomic E-state index is 0.149. The summed E-state index contributed by atoms with van der Waals surface area (Å²) in [7, 11) is 0. The number of fused-ring (bicyclic) bond motifs is 6. The van der Waals surface area contributed by atoms with Gasteiger partial charge in [-0.25, -0.2) is 4.98 Å². The summed E-state index contributed by atoms with van der Waals surface area (Å²) in [6.45, 7) is 0. The second-order valence-electron chi connectivity index (χ2n) is 6.96. The van der Waals surface area contributed by atoms with Gasteiger partial charge in [-0.3, -0.25) is 0 Å². The van der Waals surface area contributed by atoms with Gasteiger partial charge in [0.05, 0.1) is 30.4 Å². The Hall–Kier alpha value is -1.61. The quantitative estimate of drug-likeness (QED) is 0.870. The molecule has 3 atom stereocenters. The van der Waals surface area contributed by atoms with Gasteiger partial charge < -0.3 is 9.67 Å². The first kappa shape index (κ1) is 12.0. The standard InChI is InChI=1S/C18H20N2O/c21-18-12-7-5-11(6-8-12)16(18)17-14-4-2-1-3-13(14)15-9-19-10-20(15)17/h1-4,9-12,16-18,21H,5-8H2/t11?,12?,16?,17-,18+/m0/s1. The Balaban J connectivity index is 1.67. The lowest BCUT2D eigenvalue weighted by molar-refractivity contribution is -0.0693. The molecule has 2 aromatic rings. The Kier molecular flexibility index (Phi) is 2.40. The van der Waals surface area contributed by atoms with Crippen molar-refractivity contribution >= 4 is 0 Å². The van der Waals surface area contributed by atoms with Gasteiger partial charge in [0.15, 0.2) is 0 Å². The first-order valence-corrected chi connectivity index (χ1v) is 8.14. The topological polar surface area (TPSA) is 38.1 Å². The van der Waals surface area contributed by atoms with Crippen LogP contribution in [0.3, 0.4) is 0 Å². The molecule has 1 aliphatic heterocycles. The summed E-state index contributed by atoms with van der Waals surface area (Å²) in [5.41, 5.74) is 3.89. The fraction of sp³-hybridized carbons (Fsp3) is 0.500. The minimum atomic E-state index is -0.149. The first-order chi connectivity index (χ1) is 10.3. The summed E-state index contributed by atoms with van der Waals surface area (Å²) in [4.78, 5) is 4.36. The smallest absolute Gasteiger partial charge is 0.0956 e. The zero-order valence-electron chi connectivity index (χ0n) is 12.0. The van der Waals surface area contributed by atoms with Crippen molar-refractivity contribution in [3.05, 3.63) is 42.4 Å². The number of benzene rings is 1. The van der Waals surface area contributed by atoms with Gasteiger partial charge in [-0.2, -0.15) is 0 Å². The van der Waals surface area contributed by atoms with Crippen LogP contribution in [-0.4, -0.2) is 20.8 Å². The number of aromatic nitrogens is 2. The molecule has 2 bridgehead atoms. The van der Waals surface area contributed by atoms with Crippen molar-refractivity contribution in [2.75, 3.05) is 0 Å². The lowest BCUT2D eigenvalue weighted by Crippen LogP contribution is -2.47. The number of imidazole rings is 1. The molecule has 3 saturated carbocycles.